The van der Waals surface area contributed by atoms with Gasteiger partial charge in [-0.1, -0.05) is 32.9 Å². The predicted molar refractivity (Wildman–Crippen MR) is 50.8 cm³/mol. The molecule has 0 aliphatic rings. The fourth-order valence-electron chi connectivity index (χ4n) is 0.702. The Kier molecular flexibility index (Phi) is 6.48. The van der Waals surface area contributed by atoms with Crippen LogP contribution >= 0.6 is 0 Å². The number of aliphatic hydroxyl groups excluding tert-OH is 1. The molecule has 0 aromatic carbocycles. The summed E-state index contributed by atoms with van der Waals surface area (Å²) in [5.41, 5.74) is 0. The van der Waals surface area contributed by atoms with Gasteiger partial charge in [-0.25, -0.2) is 0 Å². The molecule has 12 heavy (non-hydrogen) atoms. The highest BCUT2D eigenvalue weighted by Crippen LogP contribution is 2.07. The maximum atomic E-state index is 9.43. The standard InChI is InChI=1S/C10H18O2/c1-4-6-7-12-8-10(11)9(3)5-2/h4,6-7,9-11H,1,5,8H2,2-3H3/b7-6+. The van der Waals surface area contributed by atoms with Gasteiger partial charge in [0.15, 0.2) is 0 Å². The van der Waals surface area contributed by atoms with E-state index in [0.717, 1.165) is 6.42 Å². The number of hydrogen-bond donors (Lipinski definition) is 1. The van der Waals surface area contributed by atoms with E-state index in [-0.39, 0.29) is 6.10 Å². The maximum absolute atomic E-state index is 9.43. The van der Waals surface area contributed by atoms with Crippen molar-refractivity contribution in [2.75, 3.05) is 6.61 Å². The number of allylic oxidation sites excluding steroid dienone is 2. The molecular formula is C10H18O2. The molecule has 0 aromatic heterocycles. The molecule has 0 rings (SSSR count). The number of ether oxygens (including phenoxy) is 1. The number of rotatable bonds is 6. The van der Waals surface area contributed by atoms with Gasteiger partial charge in [0.25, 0.3) is 0 Å². The average molecular weight is 170 g/mol. The van der Waals surface area contributed by atoms with Gasteiger partial charge in [-0.05, 0) is 12.0 Å². The highest BCUT2D eigenvalue weighted by molar-refractivity contribution is 4.92. The molecular weight excluding hydrogens is 152 g/mol. The van der Waals surface area contributed by atoms with Gasteiger partial charge >= 0.3 is 0 Å². The molecule has 2 nitrogen and oxygen atoms in total. The van der Waals surface area contributed by atoms with E-state index in [4.69, 9.17) is 4.74 Å². The summed E-state index contributed by atoms with van der Waals surface area (Å²) >= 11 is 0. The Bertz CT molecular complexity index is 141. The minimum Gasteiger partial charge on any atom is -0.498 e. The zero-order valence-electron chi connectivity index (χ0n) is 7.86. The molecule has 2 unspecified atom stereocenters. The molecule has 2 atom stereocenters. The summed E-state index contributed by atoms with van der Waals surface area (Å²) in [7, 11) is 0. The maximum Gasteiger partial charge on any atom is 0.113 e. The lowest BCUT2D eigenvalue weighted by Crippen LogP contribution is -2.21. The molecule has 0 aliphatic carbocycles. The fraction of sp³-hybridized carbons (Fsp3) is 0.600. The summed E-state index contributed by atoms with van der Waals surface area (Å²) in [6, 6.07) is 0. The van der Waals surface area contributed by atoms with Crippen LogP contribution in [-0.2, 0) is 4.74 Å². The smallest absolute Gasteiger partial charge is 0.113 e. The van der Waals surface area contributed by atoms with Crippen LogP contribution in [0.3, 0.4) is 0 Å². The van der Waals surface area contributed by atoms with Crippen LogP contribution in [0.1, 0.15) is 20.3 Å². The first kappa shape index (κ1) is 11.2. The van der Waals surface area contributed by atoms with Crippen molar-refractivity contribution in [1.82, 2.24) is 0 Å². The first-order chi connectivity index (χ1) is 5.72. The second kappa shape index (κ2) is 6.92. The highest BCUT2D eigenvalue weighted by Gasteiger charge is 2.11. The van der Waals surface area contributed by atoms with Crippen molar-refractivity contribution in [3.63, 3.8) is 0 Å². The minimum atomic E-state index is -0.371. The first-order valence-corrected chi connectivity index (χ1v) is 4.29. The van der Waals surface area contributed by atoms with Crippen LogP contribution in [0.4, 0.5) is 0 Å². The van der Waals surface area contributed by atoms with Gasteiger partial charge in [0.05, 0.1) is 12.4 Å². The molecule has 0 saturated heterocycles. The van der Waals surface area contributed by atoms with Gasteiger partial charge < -0.3 is 9.84 Å². The van der Waals surface area contributed by atoms with E-state index in [9.17, 15) is 5.11 Å². The SMILES string of the molecule is C=C/C=C/OCC(O)C(C)CC. The van der Waals surface area contributed by atoms with Gasteiger partial charge in [-0.2, -0.15) is 0 Å². The Labute approximate surface area is 74.6 Å². The van der Waals surface area contributed by atoms with E-state index in [2.05, 4.69) is 6.58 Å². The molecule has 0 amide bonds. The van der Waals surface area contributed by atoms with Crippen molar-refractivity contribution in [1.29, 1.82) is 0 Å². The monoisotopic (exact) mass is 170 g/mol. The van der Waals surface area contributed by atoms with E-state index >= 15 is 0 Å². The third-order valence-corrected chi connectivity index (χ3v) is 1.88. The summed E-state index contributed by atoms with van der Waals surface area (Å²) < 4.78 is 5.06. The Morgan fingerprint density at radius 3 is 2.75 bits per heavy atom. The molecule has 0 saturated carbocycles. The van der Waals surface area contributed by atoms with Crippen LogP contribution in [0.15, 0.2) is 25.0 Å². The number of hydrogen-bond acceptors (Lipinski definition) is 2. The van der Waals surface area contributed by atoms with Gasteiger partial charge in [0.1, 0.15) is 6.61 Å². The van der Waals surface area contributed by atoms with Gasteiger partial charge in [-0.15, -0.1) is 0 Å². The summed E-state index contributed by atoms with van der Waals surface area (Å²) in [5, 5.41) is 9.43. The summed E-state index contributed by atoms with van der Waals surface area (Å²) in [6.07, 6.45) is 5.47. The quantitative estimate of drug-likeness (QED) is 0.488. The first-order valence-electron chi connectivity index (χ1n) is 4.29. The van der Waals surface area contributed by atoms with Crippen LogP contribution in [0.5, 0.6) is 0 Å². The molecule has 0 bridgehead atoms. The zero-order valence-corrected chi connectivity index (χ0v) is 7.86. The lowest BCUT2D eigenvalue weighted by atomic mass is 10.0. The second-order valence-electron chi connectivity index (χ2n) is 2.85. The van der Waals surface area contributed by atoms with Crippen molar-refractivity contribution in [3.05, 3.63) is 25.0 Å². The van der Waals surface area contributed by atoms with E-state index in [1.165, 1.54) is 0 Å². The zero-order chi connectivity index (χ0) is 9.40. The second-order valence-corrected chi connectivity index (χ2v) is 2.85. The molecule has 2 heteroatoms. The van der Waals surface area contributed by atoms with Crippen molar-refractivity contribution in [2.45, 2.75) is 26.4 Å². The molecule has 0 aromatic rings. The average Bonchev–Trinajstić information content (AvgIpc) is 2.10. The lowest BCUT2D eigenvalue weighted by Gasteiger charge is -2.15. The molecule has 0 radical (unpaired) electrons. The van der Waals surface area contributed by atoms with Crippen molar-refractivity contribution >= 4 is 0 Å². The van der Waals surface area contributed by atoms with Crippen molar-refractivity contribution in [3.8, 4) is 0 Å². The summed E-state index contributed by atoms with van der Waals surface area (Å²) in [4.78, 5) is 0. The Hall–Kier alpha value is -0.760. The summed E-state index contributed by atoms with van der Waals surface area (Å²) in [6.45, 7) is 7.91. The fourth-order valence-corrected chi connectivity index (χ4v) is 0.702. The minimum absolute atomic E-state index is 0.294. The Morgan fingerprint density at radius 2 is 2.25 bits per heavy atom. The van der Waals surface area contributed by atoms with Crippen molar-refractivity contribution < 1.29 is 9.84 Å². The predicted octanol–water partition coefficient (Wildman–Crippen LogP) is 2.11. The third-order valence-electron chi connectivity index (χ3n) is 1.88. The van der Waals surface area contributed by atoms with Gasteiger partial charge in [0, 0.05) is 0 Å². The van der Waals surface area contributed by atoms with Crippen LogP contribution in [0, 0.1) is 5.92 Å². The Balaban J connectivity index is 3.49. The number of aliphatic hydroxyl groups is 1. The van der Waals surface area contributed by atoms with Crippen molar-refractivity contribution in [2.24, 2.45) is 5.92 Å². The highest BCUT2D eigenvalue weighted by atomic mass is 16.5. The largest absolute Gasteiger partial charge is 0.498 e. The van der Waals surface area contributed by atoms with Crippen LogP contribution in [0.25, 0.3) is 0 Å². The van der Waals surface area contributed by atoms with Gasteiger partial charge in [-0.3, -0.25) is 0 Å². The van der Waals surface area contributed by atoms with Crippen LogP contribution in [0.2, 0.25) is 0 Å². The lowest BCUT2D eigenvalue weighted by molar-refractivity contribution is 0.0444. The van der Waals surface area contributed by atoms with E-state index < -0.39 is 0 Å². The molecule has 0 heterocycles. The third kappa shape index (κ3) is 4.97. The Morgan fingerprint density at radius 1 is 1.58 bits per heavy atom. The molecule has 0 fully saturated rings. The summed E-state index contributed by atoms with van der Waals surface area (Å²) in [5.74, 6) is 0.294. The van der Waals surface area contributed by atoms with Crippen LogP contribution in [-0.4, -0.2) is 17.8 Å². The normalized spacial score (nSPS) is 15.9. The molecule has 0 spiro atoms. The van der Waals surface area contributed by atoms with E-state index in [0.29, 0.717) is 12.5 Å². The molecule has 1 N–H and O–H groups in total. The molecule has 0 aliphatic heterocycles. The van der Waals surface area contributed by atoms with E-state index in [1.54, 1.807) is 18.4 Å². The van der Waals surface area contributed by atoms with E-state index in [1.807, 2.05) is 13.8 Å². The van der Waals surface area contributed by atoms with Gasteiger partial charge in [0.2, 0.25) is 0 Å². The van der Waals surface area contributed by atoms with Crippen LogP contribution < -0.4 is 0 Å². The topological polar surface area (TPSA) is 29.5 Å². The molecule has 70 valence electrons.